The molecule has 26 heavy (non-hydrogen) atoms. The number of carbonyl (C=O) groups excluding carboxylic acids is 2. The first-order valence-corrected chi connectivity index (χ1v) is 8.71. The van der Waals surface area contributed by atoms with E-state index < -0.39 is 17.1 Å². The molecule has 1 aliphatic carbocycles. The highest BCUT2D eigenvalue weighted by Gasteiger charge is 2.49. The van der Waals surface area contributed by atoms with Crippen LogP contribution in [0, 0.1) is 12.7 Å². The molecule has 2 amide bonds. The number of aromatic nitrogens is 1. The third-order valence-electron chi connectivity index (χ3n) is 5.09. The third kappa shape index (κ3) is 2.57. The fourth-order valence-electron chi connectivity index (χ4n) is 3.46. The predicted octanol–water partition coefficient (Wildman–Crippen LogP) is 3.57. The first-order chi connectivity index (χ1) is 12.3. The van der Waals surface area contributed by atoms with Crippen molar-refractivity contribution in [3.8, 4) is 0 Å². The monoisotopic (exact) mass is 353 g/mol. The molecule has 0 unspecified atom stereocenters. The Hall–Kier alpha value is -2.76. The molecule has 5 nitrogen and oxygen atoms in total. The zero-order chi connectivity index (χ0) is 18.6. The Morgan fingerprint density at radius 3 is 2.69 bits per heavy atom. The predicted molar refractivity (Wildman–Crippen MR) is 96.9 cm³/mol. The van der Waals surface area contributed by atoms with Crippen LogP contribution in [0.15, 0.2) is 30.5 Å². The summed E-state index contributed by atoms with van der Waals surface area (Å²) in [6.07, 6.45) is 3.45. The zero-order valence-electron chi connectivity index (χ0n) is 15.0. The Morgan fingerprint density at radius 1 is 1.31 bits per heavy atom. The van der Waals surface area contributed by atoms with E-state index in [1.807, 2.05) is 13.8 Å². The van der Waals surface area contributed by atoms with E-state index in [-0.39, 0.29) is 17.6 Å². The lowest BCUT2D eigenvalue weighted by Gasteiger charge is -2.19. The second-order valence-electron chi connectivity index (χ2n) is 7.52. The van der Waals surface area contributed by atoms with Crippen LogP contribution in [0.5, 0.6) is 0 Å². The number of carbonyl (C=O) groups is 2. The molecule has 0 spiro atoms. The molecule has 4 rings (SSSR count). The summed E-state index contributed by atoms with van der Waals surface area (Å²) < 4.78 is 14.7. The highest BCUT2D eigenvalue weighted by molar-refractivity contribution is 6.10. The van der Waals surface area contributed by atoms with E-state index >= 15 is 0 Å². The molecular weight excluding hydrogens is 333 g/mol. The van der Waals surface area contributed by atoms with Gasteiger partial charge in [-0.25, -0.2) is 4.39 Å². The Balaban J connectivity index is 1.71. The van der Waals surface area contributed by atoms with Crippen molar-refractivity contribution < 1.29 is 14.0 Å². The largest absolute Gasteiger partial charge is 0.319 e. The minimum absolute atomic E-state index is 0.0114. The lowest BCUT2D eigenvalue weighted by molar-refractivity contribution is -0.122. The summed E-state index contributed by atoms with van der Waals surface area (Å²) in [4.78, 5) is 31.1. The van der Waals surface area contributed by atoms with Crippen LogP contribution in [0.25, 0.3) is 0 Å². The third-order valence-corrected chi connectivity index (χ3v) is 5.09. The molecule has 0 bridgehead atoms. The van der Waals surface area contributed by atoms with E-state index in [0.29, 0.717) is 22.5 Å². The van der Waals surface area contributed by atoms with Gasteiger partial charge in [-0.2, -0.15) is 0 Å². The number of aryl methyl sites for hydroxylation is 1. The van der Waals surface area contributed by atoms with Gasteiger partial charge in [-0.3, -0.25) is 14.6 Å². The molecule has 1 aromatic heterocycles. The number of hydrogen-bond donors (Lipinski definition) is 1. The van der Waals surface area contributed by atoms with Crippen molar-refractivity contribution in [3.05, 3.63) is 53.1 Å². The van der Waals surface area contributed by atoms with Gasteiger partial charge in [0.25, 0.3) is 5.91 Å². The van der Waals surface area contributed by atoms with Crippen molar-refractivity contribution in [2.24, 2.45) is 0 Å². The number of rotatable bonds is 3. The Labute approximate surface area is 151 Å². The highest BCUT2D eigenvalue weighted by Crippen LogP contribution is 2.48. The normalized spacial score (nSPS) is 18.0. The number of nitrogens with zero attached hydrogens (tertiary/aromatic N) is 2. The van der Waals surface area contributed by atoms with Crippen LogP contribution in [-0.2, 0) is 10.2 Å². The lowest BCUT2D eigenvalue weighted by atomic mass is 9.86. The average Bonchev–Trinajstić information content (AvgIpc) is 3.39. The first kappa shape index (κ1) is 16.7. The van der Waals surface area contributed by atoms with Crippen LogP contribution in [-0.4, -0.2) is 22.8 Å². The van der Waals surface area contributed by atoms with Crippen molar-refractivity contribution in [1.29, 1.82) is 0 Å². The molecular formula is C20H20FN3O2. The van der Waals surface area contributed by atoms with Crippen molar-refractivity contribution in [3.63, 3.8) is 0 Å². The fraction of sp³-hybridized carbons (Fsp3) is 0.350. The van der Waals surface area contributed by atoms with Gasteiger partial charge in [-0.1, -0.05) is 0 Å². The van der Waals surface area contributed by atoms with E-state index in [9.17, 15) is 14.0 Å². The molecule has 1 fully saturated rings. The van der Waals surface area contributed by atoms with Crippen molar-refractivity contribution in [2.45, 2.75) is 45.1 Å². The van der Waals surface area contributed by atoms with Crippen LogP contribution >= 0.6 is 0 Å². The number of hydrogen-bond acceptors (Lipinski definition) is 3. The molecule has 0 radical (unpaired) electrons. The molecule has 1 saturated carbocycles. The summed E-state index contributed by atoms with van der Waals surface area (Å²) in [7, 11) is 0. The molecule has 2 heterocycles. The number of halogens is 1. The maximum atomic E-state index is 14.7. The topological polar surface area (TPSA) is 62.3 Å². The number of pyridine rings is 1. The van der Waals surface area contributed by atoms with Crippen LogP contribution in [0.2, 0.25) is 0 Å². The maximum absolute atomic E-state index is 14.7. The van der Waals surface area contributed by atoms with Gasteiger partial charge in [0.2, 0.25) is 5.91 Å². The summed E-state index contributed by atoms with van der Waals surface area (Å²) >= 11 is 0. The molecule has 1 N–H and O–H groups in total. The van der Waals surface area contributed by atoms with Crippen LogP contribution < -0.4 is 10.2 Å². The first-order valence-electron chi connectivity index (χ1n) is 8.71. The molecule has 6 heteroatoms. The molecule has 2 aromatic rings. The van der Waals surface area contributed by atoms with Gasteiger partial charge < -0.3 is 10.2 Å². The van der Waals surface area contributed by atoms with Gasteiger partial charge >= 0.3 is 0 Å². The summed E-state index contributed by atoms with van der Waals surface area (Å²) in [5.74, 6) is -0.958. The number of fused-ring (bicyclic) bond motifs is 1. The Kier molecular flexibility index (Phi) is 3.61. The van der Waals surface area contributed by atoms with Crippen molar-refractivity contribution in [2.75, 3.05) is 10.2 Å². The minimum atomic E-state index is -0.760. The zero-order valence-corrected chi connectivity index (χ0v) is 15.0. The SMILES string of the molecule is Cc1cc(C(=O)Nc2cc3c(cc2F)C(C)(C)C(=O)N3C2CC2)ccn1. The second kappa shape index (κ2) is 5.62. The van der Waals surface area contributed by atoms with E-state index in [0.717, 1.165) is 12.8 Å². The Morgan fingerprint density at radius 2 is 2.04 bits per heavy atom. The summed E-state index contributed by atoms with van der Waals surface area (Å²) in [5, 5.41) is 2.63. The van der Waals surface area contributed by atoms with E-state index in [4.69, 9.17) is 0 Å². The molecule has 1 aliphatic heterocycles. The summed E-state index contributed by atoms with van der Waals surface area (Å²) in [5.41, 5.74) is 1.81. The number of anilines is 2. The Bertz CT molecular complexity index is 935. The van der Waals surface area contributed by atoms with Gasteiger partial charge in [-0.15, -0.1) is 0 Å². The lowest BCUT2D eigenvalue weighted by Crippen LogP contribution is -2.37. The molecule has 1 aromatic carbocycles. The second-order valence-corrected chi connectivity index (χ2v) is 7.52. The average molecular weight is 353 g/mol. The van der Waals surface area contributed by atoms with Gasteiger partial charge in [-0.05, 0) is 63.4 Å². The van der Waals surface area contributed by atoms with Crippen molar-refractivity contribution >= 4 is 23.2 Å². The van der Waals surface area contributed by atoms with Crippen LogP contribution in [0.4, 0.5) is 15.8 Å². The van der Waals surface area contributed by atoms with Gasteiger partial charge in [0.05, 0.1) is 16.8 Å². The van der Waals surface area contributed by atoms with Crippen molar-refractivity contribution in [1.82, 2.24) is 4.98 Å². The van der Waals surface area contributed by atoms with Crippen LogP contribution in [0.1, 0.15) is 48.3 Å². The fourth-order valence-corrected chi connectivity index (χ4v) is 3.46. The van der Waals surface area contributed by atoms with E-state index in [2.05, 4.69) is 10.3 Å². The quantitative estimate of drug-likeness (QED) is 0.918. The van der Waals surface area contributed by atoms with Gasteiger partial charge in [0.1, 0.15) is 5.82 Å². The highest BCUT2D eigenvalue weighted by atomic mass is 19.1. The van der Waals surface area contributed by atoms with Gasteiger partial charge in [0.15, 0.2) is 0 Å². The molecule has 2 aliphatic rings. The standard InChI is InChI=1S/C20H20FN3O2/c1-11-8-12(6-7-22-11)18(25)23-16-10-17-14(9-15(16)21)20(2,3)19(26)24(17)13-4-5-13/h6-10,13H,4-5H2,1-3H3,(H,23,25). The molecule has 0 atom stereocenters. The van der Waals surface area contributed by atoms with E-state index in [1.165, 1.54) is 6.07 Å². The number of benzene rings is 1. The van der Waals surface area contributed by atoms with Gasteiger partial charge in [0, 0.05) is 23.5 Å². The van der Waals surface area contributed by atoms with E-state index in [1.54, 1.807) is 36.2 Å². The molecule has 134 valence electrons. The smallest absolute Gasteiger partial charge is 0.255 e. The minimum Gasteiger partial charge on any atom is -0.319 e. The summed E-state index contributed by atoms with van der Waals surface area (Å²) in [6.45, 7) is 5.41. The number of nitrogens with one attached hydrogen (secondary N) is 1. The summed E-state index contributed by atoms with van der Waals surface area (Å²) in [6, 6.07) is 6.37. The van der Waals surface area contributed by atoms with Crippen LogP contribution in [0.3, 0.4) is 0 Å². The maximum Gasteiger partial charge on any atom is 0.255 e. The number of amides is 2. The molecule has 0 saturated heterocycles.